The number of pyridine rings is 3. The molecule has 3 aromatic heterocycles. The summed E-state index contributed by atoms with van der Waals surface area (Å²) in [4.78, 5) is 80.8. The zero-order chi connectivity index (χ0) is 71.5. The van der Waals surface area contributed by atoms with Gasteiger partial charge < -0.3 is 18.9 Å². The fourth-order valence-electron chi connectivity index (χ4n) is 14.0. The number of amides is 4. The Bertz CT molecular complexity index is 5210. The summed E-state index contributed by atoms with van der Waals surface area (Å²) in [7, 11) is 0. The fourth-order valence-corrected chi connectivity index (χ4v) is 14.0. The van der Waals surface area contributed by atoms with Crippen molar-refractivity contribution in [2.24, 2.45) is 0 Å². The van der Waals surface area contributed by atoms with Crippen molar-refractivity contribution in [3.8, 4) is 79.9 Å². The highest BCUT2D eigenvalue weighted by Gasteiger charge is 2.42. The molecule has 13 heteroatoms. The third-order valence-corrected chi connectivity index (χ3v) is 19.6. The van der Waals surface area contributed by atoms with Crippen LogP contribution in [0.25, 0.3) is 77.0 Å². The molecule has 0 unspecified atom stereocenters. The van der Waals surface area contributed by atoms with Crippen LogP contribution in [-0.2, 0) is 21.7 Å². The first-order valence-corrected chi connectivity index (χ1v) is 34.9. The molecule has 0 aliphatic carbocycles. The first-order chi connectivity index (χ1) is 48.7. The number of benzene rings is 10. The van der Waals surface area contributed by atoms with Gasteiger partial charge in [0, 0.05) is 62.0 Å². The molecule has 0 fully saturated rings. The molecule has 0 atom stereocenters. The van der Waals surface area contributed by atoms with Crippen LogP contribution < -0.4 is 23.8 Å². The van der Waals surface area contributed by atoms with E-state index in [1.807, 2.05) is 165 Å². The van der Waals surface area contributed by atoms with E-state index >= 15 is 19.2 Å². The average molecular weight is 1350 g/mol. The van der Waals surface area contributed by atoms with Crippen molar-refractivity contribution in [1.82, 2.24) is 19.9 Å². The predicted octanol–water partition coefficient (Wildman–Crippen LogP) is 22.5. The van der Waals surface area contributed by atoms with Crippen LogP contribution in [0, 0.1) is 0 Å². The van der Waals surface area contributed by atoms with Crippen molar-refractivity contribution in [1.29, 1.82) is 0 Å². The second-order valence-electron chi connectivity index (χ2n) is 30.9. The molecular formula is C89H79N5O8. The molecule has 13 aromatic rings. The lowest BCUT2D eigenvalue weighted by Crippen LogP contribution is -2.41. The van der Waals surface area contributed by atoms with Crippen molar-refractivity contribution in [2.45, 2.75) is 125 Å². The first-order valence-electron chi connectivity index (χ1n) is 34.9. The summed E-state index contributed by atoms with van der Waals surface area (Å²) in [5, 5.41) is 3.30. The van der Waals surface area contributed by atoms with Gasteiger partial charge in [0.25, 0.3) is 23.6 Å². The Morgan fingerprint density at radius 2 is 0.657 bits per heavy atom. The first kappa shape index (κ1) is 66.3. The van der Waals surface area contributed by atoms with E-state index in [0.29, 0.717) is 101 Å². The number of hydrogen-bond donors (Lipinski definition) is 0. The van der Waals surface area contributed by atoms with Gasteiger partial charge >= 0.3 is 0 Å². The number of nitrogens with zero attached hydrogens (tertiary/aromatic N) is 5. The van der Waals surface area contributed by atoms with E-state index in [1.54, 1.807) is 48.8 Å². The van der Waals surface area contributed by atoms with Crippen LogP contribution in [-0.4, -0.2) is 50.0 Å². The molecule has 508 valence electrons. The molecule has 0 saturated carbocycles. The molecule has 0 spiro atoms. The molecule has 0 bridgehead atoms. The van der Waals surface area contributed by atoms with Gasteiger partial charge in [-0.2, -0.15) is 0 Å². The number of carbonyl (C=O) groups excluding carboxylic acids is 4. The molecule has 2 aliphatic heterocycles. The van der Waals surface area contributed by atoms with Crippen molar-refractivity contribution in [2.75, 3.05) is 11.4 Å². The van der Waals surface area contributed by atoms with Gasteiger partial charge in [0.2, 0.25) is 0 Å². The van der Waals surface area contributed by atoms with Crippen LogP contribution in [0.5, 0.6) is 46.0 Å². The third kappa shape index (κ3) is 11.9. The third-order valence-electron chi connectivity index (χ3n) is 19.6. The van der Waals surface area contributed by atoms with Crippen LogP contribution in [0.4, 0.5) is 5.69 Å². The monoisotopic (exact) mass is 1350 g/mol. The minimum atomic E-state index is -0.610. The average Bonchev–Trinajstić information content (AvgIpc) is 0.671. The van der Waals surface area contributed by atoms with E-state index in [1.165, 1.54) is 9.80 Å². The number of hydrogen-bond acceptors (Lipinski definition) is 11. The number of rotatable bonds is 15. The number of carbonyl (C=O) groups is 4. The summed E-state index contributed by atoms with van der Waals surface area (Å²) in [5.41, 5.74) is 8.88. The summed E-state index contributed by atoms with van der Waals surface area (Å²) in [6.45, 7) is 28.0. The second-order valence-corrected chi connectivity index (χ2v) is 30.9. The van der Waals surface area contributed by atoms with E-state index in [0.717, 1.165) is 39.8 Å². The molecule has 10 aromatic carbocycles. The molecule has 13 nitrogen and oxygen atoms in total. The van der Waals surface area contributed by atoms with Gasteiger partial charge in [0.1, 0.15) is 46.0 Å². The Kier molecular flexibility index (Phi) is 16.2. The van der Waals surface area contributed by atoms with Crippen LogP contribution in [0.1, 0.15) is 167 Å². The van der Waals surface area contributed by atoms with Gasteiger partial charge in [-0.25, -0.2) is 9.88 Å². The van der Waals surface area contributed by atoms with Crippen LogP contribution in [0.15, 0.2) is 207 Å². The van der Waals surface area contributed by atoms with E-state index in [4.69, 9.17) is 23.9 Å². The maximum Gasteiger partial charge on any atom is 0.266 e. The molecule has 0 N–H and O–H groups in total. The topological polar surface area (TPSA) is 150 Å². The van der Waals surface area contributed by atoms with E-state index < -0.39 is 23.6 Å². The highest BCUT2D eigenvalue weighted by molar-refractivity contribution is 6.46. The highest BCUT2D eigenvalue weighted by atomic mass is 16.5. The van der Waals surface area contributed by atoms with Gasteiger partial charge in [0.05, 0.1) is 50.7 Å². The maximum atomic E-state index is 16.4. The van der Waals surface area contributed by atoms with Crippen LogP contribution >= 0.6 is 0 Å². The van der Waals surface area contributed by atoms with Crippen molar-refractivity contribution >= 4 is 72.4 Å². The smallest absolute Gasteiger partial charge is 0.266 e. The Hall–Kier alpha value is -11.6. The summed E-state index contributed by atoms with van der Waals surface area (Å²) in [6.07, 6.45) is 4.76. The number of fused-ring (bicyclic) bond motifs is 2. The normalized spacial score (nSPS) is 13.5. The molecular weight excluding hydrogens is 1270 g/mol. The van der Waals surface area contributed by atoms with E-state index in [-0.39, 0.29) is 73.5 Å². The largest absolute Gasteiger partial charge is 0.457 e. The maximum absolute atomic E-state index is 16.4. The Balaban J connectivity index is 1.05. The lowest BCUT2D eigenvalue weighted by atomic mass is 9.80. The van der Waals surface area contributed by atoms with Crippen molar-refractivity contribution < 1.29 is 38.1 Å². The standard InChI is InChI=1S/C89H79N5O8/c1-14-15-44-93-82(95)62-47-70(99-58-34-24-53(25-35-58)86(2,3)4)76-78-72(101-60-38-28-55(29-39-60)88(8,9)10)49-64-75-65(85(98)94(84(64)97)57-32-22-51(23-33-57)52-45-68(66-20-16-18-42-90-66)92-69(46-52)67-21-17-19-43-91-67)50-73(102-61-40-30-56(31-41-61)89(11,12)13)79(81(75)78)77-71(48-63(83(93)96)74(62)80(76)77)100-59-36-26-54(27-37-59)87(5,6)7/h16-43,45-50H,14-15,44H2,1-13H3. The zero-order valence-electron chi connectivity index (χ0n) is 59.8. The SMILES string of the molecule is CCCCN1C(=O)c2cc(Oc3ccc(C(C)(C)C)cc3)c3c4c(Oc5ccc(C(C)(C)C)cc5)cc5c6c(cc(Oc7ccc(C(C)(C)C)cc7)c(c7c(Oc8ccc(C(C)(C)C)cc8)cc(c2c37)C1=O)c64)C(=O)N(c1ccc(-c2cc(-c3ccccn3)nc(-c3ccccn3)c2)cc1)C5=O. The van der Waals surface area contributed by atoms with Crippen molar-refractivity contribution in [3.63, 3.8) is 0 Å². The molecule has 102 heavy (non-hydrogen) atoms. The second kappa shape index (κ2) is 24.9. The number of ether oxygens (including phenoxy) is 4. The Labute approximate surface area is 594 Å². The summed E-state index contributed by atoms with van der Waals surface area (Å²) in [5.74, 6) is 0.610. The number of aromatic nitrogens is 3. The predicted molar refractivity (Wildman–Crippen MR) is 406 cm³/mol. The summed E-state index contributed by atoms with van der Waals surface area (Å²) >= 11 is 0. The van der Waals surface area contributed by atoms with Gasteiger partial charge in [0.15, 0.2) is 0 Å². The molecule has 5 heterocycles. The number of anilines is 1. The van der Waals surface area contributed by atoms with Gasteiger partial charge in [-0.15, -0.1) is 0 Å². The molecule has 2 aliphatic rings. The van der Waals surface area contributed by atoms with Crippen LogP contribution in [0.2, 0.25) is 0 Å². The molecule has 4 amide bonds. The van der Waals surface area contributed by atoms with Gasteiger partial charge in [-0.3, -0.25) is 34.0 Å². The molecule has 0 radical (unpaired) electrons. The highest BCUT2D eigenvalue weighted by Crippen LogP contribution is 2.58. The Morgan fingerprint density at radius 1 is 0.333 bits per heavy atom. The minimum Gasteiger partial charge on any atom is -0.457 e. The van der Waals surface area contributed by atoms with E-state index in [2.05, 4.69) is 93.1 Å². The Morgan fingerprint density at radius 3 is 0.951 bits per heavy atom. The quantitative estimate of drug-likeness (QED) is 0.0548. The number of imide groups is 2. The van der Waals surface area contributed by atoms with E-state index in [9.17, 15) is 0 Å². The van der Waals surface area contributed by atoms with Crippen molar-refractivity contribution in [3.05, 3.63) is 251 Å². The fraction of sp³-hybridized carbons (Fsp3) is 0.225. The minimum absolute atomic E-state index is 0.164. The lowest BCUT2D eigenvalue weighted by Gasteiger charge is -2.32. The van der Waals surface area contributed by atoms with Crippen LogP contribution in [0.3, 0.4) is 0 Å². The van der Waals surface area contributed by atoms with Gasteiger partial charge in [-0.1, -0.05) is 169 Å². The summed E-state index contributed by atoms with van der Waals surface area (Å²) in [6, 6.07) is 61.1. The summed E-state index contributed by atoms with van der Waals surface area (Å²) < 4.78 is 29.4. The van der Waals surface area contributed by atoms with Gasteiger partial charge in [-0.05, 0) is 183 Å². The lowest BCUT2D eigenvalue weighted by molar-refractivity contribution is 0.0607. The number of unbranched alkanes of at least 4 members (excludes halogenated alkanes) is 1. The molecule has 0 saturated heterocycles. The zero-order valence-corrected chi connectivity index (χ0v) is 59.8. The molecule has 15 rings (SSSR count).